The number of hydrogen-bond donors (Lipinski definition) is 0. The van der Waals surface area contributed by atoms with Crippen LogP contribution in [-0.4, -0.2) is 9.36 Å². The number of rotatable bonds is 3. The van der Waals surface area contributed by atoms with Crippen molar-refractivity contribution < 1.29 is 13.2 Å². The van der Waals surface area contributed by atoms with E-state index in [0.717, 1.165) is 33.1 Å². The normalized spacial score (nSPS) is 11.8. The van der Waals surface area contributed by atoms with E-state index in [1.165, 1.54) is 4.68 Å². The Hall–Kier alpha value is -2.76. The lowest BCUT2D eigenvalue weighted by Crippen LogP contribution is -2.26. The Balaban J connectivity index is 2.27. The van der Waals surface area contributed by atoms with E-state index in [0.29, 0.717) is 5.69 Å². The van der Waals surface area contributed by atoms with Gasteiger partial charge in [-0.25, -0.2) is 4.68 Å². The van der Waals surface area contributed by atoms with Crippen molar-refractivity contribution in [3.05, 3.63) is 86.8 Å². The largest absolute Gasteiger partial charge is 0.423 e. The highest BCUT2D eigenvalue weighted by molar-refractivity contribution is 5.49. The van der Waals surface area contributed by atoms with Crippen LogP contribution >= 0.6 is 0 Å². The lowest BCUT2D eigenvalue weighted by atomic mass is 10.1. The van der Waals surface area contributed by atoms with Gasteiger partial charge in [-0.05, 0) is 37.5 Å². The van der Waals surface area contributed by atoms with Gasteiger partial charge in [0.05, 0.1) is 12.2 Å². The van der Waals surface area contributed by atoms with Crippen LogP contribution in [0.1, 0.15) is 27.8 Å². The summed E-state index contributed by atoms with van der Waals surface area (Å²) in [7, 11) is 0. The van der Waals surface area contributed by atoms with Crippen molar-refractivity contribution >= 4 is 0 Å². The molecule has 2 aromatic carbocycles. The average molecular weight is 360 g/mol. The molecule has 3 nitrogen and oxygen atoms in total. The maximum absolute atomic E-state index is 13.3. The monoisotopic (exact) mass is 360 g/mol. The van der Waals surface area contributed by atoms with Crippen LogP contribution in [0.4, 0.5) is 13.2 Å². The molecule has 0 saturated heterocycles. The van der Waals surface area contributed by atoms with Gasteiger partial charge in [0.15, 0.2) is 0 Å². The molecular formula is C20H19F3N2O. The molecule has 0 aliphatic heterocycles. The number of alkyl halides is 3. The number of benzene rings is 2. The van der Waals surface area contributed by atoms with Gasteiger partial charge in [0.2, 0.25) is 0 Å². The van der Waals surface area contributed by atoms with Crippen LogP contribution in [0.5, 0.6) is 0 Å². The highest BCUT2D eigenvalue weighted by Crippen LogP contribution is 2.28. The van der Waals surface area contributed by atoms with Crippen LogP contribution in [0.25, 0.3) is 5.69 Å². The van der Waals surface area contributed by atoms with Crippen molar-refractivity contribution in [2.45, 2.75) is 33.5 Å². The van der Waals surface area contributed by atoms with E-state index >= 15 is 0 Å². The molecule has 0 unspecified atom stereocenters. The highest BCUT2D eigenvalue weighted by atomic mass is 19.4. The molecule has 0 atom stereocenters. The Bertz CT molecular complexity index is 975. The summed E-state index contributed by atoms with van der Waals surface area (Å²) in [5.74, 6) is 0. The van der Waals surface area contributed by atoms with Crippen molar-refractivity contribution in [2.24, 2.45) is 0 Å². The topological polar surface area (TPSA) is 26.9 Å². The summed E-state index contributed by atoms with van der Waals surface area (Å²) in [6, 6.07) is 12.8. The van der Waals surface area contributed by atoms with Gasteiger partial charge in [0, 0.05) is 6.20 Å². The molecule has 26 heavy (non-hydrogen) atoms. The molecule has 136 valence electrons. The summed E-state index contributed by atoms with van der Waals surface area (Å²) in [5.41, 5.74) is 1.60. The quantitative estimate of drug-likeness (QED) is 0.669. The molecule has 1 heterocycles. The fourth-order valence-electron chi connectivity index (χ4n) is 3.31. The van der Waals surface area contributed by atoms with Gasteiger partial charge in [-0.2, -0.15) is 13.2 Å². The first-order valence-corrected chi connectivity index (χ1v) is 8.20. The van der Waals surface area contributed by atoms with Crippen LogP contribution < -0.4 is 5.56 Å². The number of nitrogens with zero attached hydrogens (tertiary/aromatic N) is 2. The van der Waals surface area contributed by atoms with Crippen LogP contribution in [0.3, 0.4) is 0 Å². The van der Waals surface area contributed by atoms with E-state index in [1.807, 2.05) is 49.4 Å². The van der Waals surface area contributed by atoms with E-state index in [-0.39, 0.29) is 6.54 Å². The van der Waals surface area contributed by atoms with Crippen LogP contribution in [0.15, 0.2) is 53.5 Å². The number of aryl methyl sites for hydroxylation is 3. The molecule has 0 aliphatic carbocycles. The Morgan fingerprint density at radius 2 is 1.54 bits per heavy atom. The number of hydrogen-bond acceptors (Lipinski definition) is 1. The summed E-state index contributed by atoms with van der Waals surface area (Å²) in [6.45, 7) is 5.68. The summed E-state index contributed by atoms with van der Waals surface area (Å²) in [5, 5.41) is 0. The Labute approximate surface area is 149 Å². The summed E-state index contributed by atoms with van der Waals surface area (Å²) < 4.78 is 42.5. The second kappa shape index (κ2) is 6.52. The minimum atomic E-state index is -4.70. The smallest absolute Gasteiger partial charge is 0.280 e. The van der Waals surface area contributed by atoms with Crippen LogP contribution in [0, 0.1) is 20.8 Å². The summed E-state index contributed by atoms with van der Waals surface area (Å²) >= 11 is 0. The SMILES string of the molecule is Cc1cc(C)c(-n2c(=O)c(C(F)(F)F)cn2Cc2ccccc2)c(C)c1. The third-order valence-electron chi connectivity index (χ3n) is 4.30. The molecular weight excluding hydrogens is 341 g/mol. The van der Waals surface area contributed by atoms with Crippen molar-refractivity contribution in [1.29, 1.82) is 0 Å². The summed E-state index contributed by atoms with van der Waals surface area (Å²) in [4.78, 5) is 12.6. The second-order valence-electron chi connectivity index (χ2n) is 6.49. The van der Waals surface area contributed by atoms with E-state index in [1.54, 1.807) is 13.8 Å². The first-order chi connectivity index (χ1) is 12.2. The zero-order valence-electron chi connectivity index (χ0n) is 14.8. The van der Waals surface area contributed by atoms with E-state index < -0.39 is 17.3 Å². The van der Waals surface area contributed by atoms with Gasteiger partial charge in [-0.15, -0.1) is 0 Å². The maximum atomic E-state index is 13.3. The van der Waals surface area contributed by atoms with Gasteiger partial charge in [0.1, 0.15) is 5.56 Å². The lowest BCUT2D eigenvalue weighted by Gasteiger charge is -2.17. The predicted molar refractivity (Wildman–Crippen MR) is 94.8 cm³/mol. The molecule has 0 aliphatic rings. The zero-order chi connectivity index (χ0) is 19.1. The summed E-state index contributed by atoms with van der Waals surface area (Å²) in [6.07, 6.45) is -3.80. The van der Waals surface area contributed by atoms with Gasteiger partial charge in [0.25, 0.3) is 5.56 Å². The Morgan fingerprint density at radius 3 is 2.08 bits per heavy atom. The molecule has 0 N–H and O–H groups in total. The zero-order valence-corrected chi connectivity index (χ0v) is 14.8. The Morgan fingerprint density at radius 1 is 0.962 bits per heavy atom. The van der Waals surface area contributed by atoms with E-state index in [9.17, 15) is 18.0 Å². The fourth-order valence-corrected chi connectivity index (χ4v) is 3.31. The van der Waals surface area contributed by atoms with Crippen molar-refractivity contribution in [3.63, 3.8) is 0 Å². The first kappa shape index (κ1) is 18.0. The maximum Gasteiger partial charge on any atom is 0.423 e. The number of halogens is 3. The molecule has 0 amide bonds. The lowest BCUT2D eigenvalue weighted by molar-refractivity contribution is -0.138. The molecule has 6 heteroatoms. The van der Waals surface area contributed by atoms with E-state index in [4.69, 9.17) is 0 Å². The first-order valence-electron chi connectivity index (χ1n) is 8.20. The van der Waals surface area contributed by atoms with Crippen molar-refractivity contribution in [3.8, 4) is 5.69 Å². The molecule has 1 aromatic heterocycles. The van der Waals surface area contributed by atoms with Gasteiger partial charge in [-0.1, -0.05) is 48.0 Å². The second-order valence-corrected chi connectivity index (χ2v) is 6.49. The third kappa shape index (κ3) is 3.31. The Kier molecular flexibility index (Phi) is 4.52. The molecule has 0 fully saturated rings. The van der Waals surface area contributed by atoms with Crippen LogP contribution in [-0.2, 0) is 12.7 Å². The van der Waals surface area contributed by atoms with E-state index in [2.05, 4.69) is 0 Å². The molecule has 0 bridgehead atoms. The fraction of sp³-hybridized carbons (Fsp3) is 0.250. The molecule has 0 saturated carbocycles. The van der Waals surface area contributed by atoms with Crippen molar-refractivity contribution in [1.82, 2.24) is 9.36 Å². The predicted octanol–water partition coefficient (Wildman–Crippen LogP) is 4.63. The molecule has 3 aromatic rings. The van der Waals surface area contributed by atoms with Crippen LogP contribution in [0.2, 0.25) is 0 Å². The molecule has 0 radical (unpaired) electrons. The number of aromatic nitrogens is 2. The molecule has 0 spiro atoms. The van der Waals surface area contributed by atoms with Gasteiger partial charge < -0.3 is 0 Å². The molecule has 3 rings (SSSR count). The third-order valence-corrected chi connectivity index (χ3v) is 4.30. The van der Waals surface area contributed by atoms with Crippen molar-refractivity contribution in [2.75, 3.05) is 0 Å². The average Bonchev–Trinajstić information content (AvgIpc) is 2.85. The minimum Gasteiger partial charge on any atom is -0.280 e. The van der Waals surface area contributed by atoms with Gasteiger partial charge in [-0.3, -0.25) is 9.48 Å². The highest BCUT2D eigenvalue weighted by Gasteiger charge is 2.37. The standard InChI is InChI=1S/C20H19F3N2O/c1-13-9-14(2)18(15(3)10-13)25-19(26)17(20(21,22)23)12-24(25)11-16-7-5-4-6-8-16/h4-10,12H,11H2,1-3H3. The minimum absolute atomic E-state index is 0.166. The van der Waals surface area contributed by atoms with Gasteiger partial charge >= 0.3 is 6.18 Å².